The average molecular weight is 532 g/mol. The van der Waals surface area contributed by atoms with Crippen LogP contribution in [0, 0.1) is 0 Å². The first-order valence-corrected chi connectivity index (χ1v) is 12.2. The van der Waals surface area contributed by atoms with Crippen LogP contribution in [0.5, 0.6) is 11.5 Å². The molecule has 0 aliphatic rings. The normalized spacial score (nSPS) is 12.5. The number of aliphatic hydroxyl groups is 1. The highest BCUT2D eigenvalue weighted by Gasteiger charge is 2.28. The Balaban J connectivity index is 1.67. The highest BCUT2D eigenvalue weighted by atomic mass is 19.4. The van der Waals surface area contributed by atoms with Crippen LogP contribution < -0.4 is 36.3 Å². The van der Waals surface area contributed by atoms with E-state index in [1.54, 1.807) is 14.2 Å². The summed E-state index contributed by atoms with van der Waals surface area (Å²) in [6.45, 7) is -0.0766. The second kappa shape index (κ2) is 15.4. The zero-order valence-corrected chi connectivity index (χ0v) is 21.2. The second-order valence-electron chi connectivity index (χ2n) is 8.57. The second-order valence-corrected chi connectivity index (χ2v) is 8.57. The van der Waals surface area contributed by atoms with Gasteiger partial charge in [-0.25, -0.2) is 0 Å². The number of methoxy groups -OCH3 is 2. The van der Waals surface area contributed by atoms with Gasteiger partial charge in [-0.05, 0) is 37.0 Å². The number of aliphatic hydroxyl groups excluding tert-OH is 1. The van der Waals surface area contributed by atoms with E-state index < -0.39 is 29.8 Å². The van der Waals surface area contributed by atoms with Crippen molar-refractivity contribution in [1.82, 2.24) is 5.32 Å². The van der Waals surface area contributed by atoms with Gasteiger partial charge in [0.1, 0.15) is 17.6 Å². The molecular weight excluding hydrogens is 495 g/mol. The van der Waals surface area contributed by atoms with Crippen LogP contribution in [-0.4, -0.2) is 64.6 Å². The molecule has 9 nitrogen and oxygen atoms in total. The number of nitrogens with one attached hydrogen (secondary N) is 3. The number of hydrogen-bond acceptors (Lipinski definition) is 9. The van der Waals surface area contributed by atoms with Gasteiger partial charge in [0.05, 0.1) is 26.8 Å². The summed E-state index contributed by atoms with van der Waals surface area (Å²) in [5.41, 5.74) is -0.207. The molecule has 2 aromatic carbocycles. The molecule has 0 heterocycles. The summed E-state index contributed by atoms with van der Waals surface area (Å²) in [6.07, 6.45) is -0.729. The zero-order chi connectivity index (χ0) is 27.3. The molecule has 0 aromatic heterocycles. The van der Waals surface area contributed by atoms with Crippen molar-refractivity contribution in [3.05, 3.63) is 44.2 Å². The lowest BCUT2D eigenvalue weighted by molar-refractivity contribution is -0.130. The Morgan fingerprint density at radius 2 is 1.62 bits per heavy atom. The van der Waals surface area contributed by atoms with Gasteiger partial charge in [-0.3, -0.25) is 14.9 Å². The number of aryl methyl sites for hydroxylation is 1. The van der Waals surface area contributed by atoms with E-state index in [0.717, 1.165) is 44.1 Å². The largest absolute Gasteiger partial charge is 0.493 e. The van der Waals surface area contributed by atoms with Crippen molar-refractivity contribution in [2.24, 2.45) is 0 Å². The highest BCUT2D eigenvalue weighted by Crippen LogP contribution is 2.29. The van der Waals surface area contributed by atoms with Crippen LogP contribution in [0.2, 0.25) is 0 Å². The molecule has 4 N–H and O–H groups in total. The minimum atomic E-state index is -4.47. The minimum Gasteiger partial charge on any atom is -0.493 e. The number of alkyl halides is 3. The summed E-state index contributed by atoms with van der Waals surface area (Å²) >= 11 is 0. The van der Waals surface area contributed by atoms with Gasteiger partial charge in [-0.15, -0.1) is 0 Å². The number of ether oxygens (including phenoxy) is 3. The van der Waals surface area contributed by atoms with Gasteiger partial charge in [-0.1, -0.05) is 18.9 Å². The molecule has 0 aliphatic heterocycles. The smallest absolute Gasteiger partial charge is 0.401 e. The molecule has 208 valence electrons. The number of unbranched alkanes of at least 4 members (excludes halogenated alkanes) is 3. The van der Waals surface area contributed by atoms with E-state index in [2.05, 4.69) is 10.6 Å². The number of benzene rings is 1. The molecule has 2 rings (SSSR count). The van der Waals surface area contributed by atoms with E-state index in [0.29, 0.717) is 31.3 Å². The monoisotopic (exact) mass is 531 g/mol. The van der Waals surface area contributed by atoms with Crippen molar-refractivity contribution in [1.29, 1.82) is 0 Å². The van der Waals surface area contributed by atoms with Crippen molar-refractivity contribution in [3.63, 3.8) is 0 Å². The van der Waals surface area contributed by atoms with Crippen LogP contribution in [0.15, 0.2) is 27.8 Å². The summed E-state index contributed by atoms with van der Waals surface area (Å²) < 4.78 is 52.8. The third kappa shape index (κ3) is 10.6. The van der Waals surface area contributed by atoms with Crippen LogP contribution >= 0.6 is 0 Å². The van der Waals surface area contributed by atoms with Crippen LogP contribution in [0.25, 0.3) is 0 Å². The van der Waals surface area contributed by atoms with E-state index in [1.165, 1.54) is 0 Å². The van der Waals surface area contributed by atoms with Crippen molar-refractivity contribution < 1.29 is 32.5 Å². The lowest BCUT2D eigenvalue weighted by Gasteiger charge is -2.18. The molecule has 0 spiro atoms. The predicted octanol–water partition coefficient (Wildman–Crippen LogP) is 2.80. The molecule has 0 aliphatic carbocycles. The number of halogens is 3. The first kappa shape index (κ1) is 30.4. The third-order valence-electron chi connectivity index (χ3n) is 5.59. The van der Waals surface area contributed by atoms with Gasteiger partial charge < -0.3 is 30.0 Å². The van der Waals surface area contributed by atoms with Crippen molar-refractivity contribution in [3.8, 4) is 11.5 Å². The Labute approximate surface area is 214 Å². The Morgan fingerprint density at radius 3 is 2.30 bits per heavy atom. The summed E-state index contributed by atoms with van der Waals surface area (Å²) in [5.74, 6) is 1.40. The van der Waals surface area contributed by atoms with Crippen LogP contribution in [-0.2, 0) is 11.2 Å². The van der Waals surface area contributed by atoms with Gasteiger partial charge in [0.25, 0.3) is 10.9 Å². The van der Waals surface area contributed by atoms with Crippen molar-refractivity contribution in [2.45, 2.75) is 50.9 Å². The number of rotatable bonds is 19. The quantitative estimate of drug-likeness (QED) is 0.123. The van der Waals surface area contributed by atoms with Crippen molar-refractivity contribution >= 4 is 11.4 Å². The summed E-state index contributed by atoms with van der Waals surface area (Å²) in [5, 5.41) is 16.9. The topological polar surface area (TPSA) is 118 Å². The molecule has 12 heteroatoms. The summed E-state index contributed by atoms with van der Waals surface area (Å²) in [6, 6.07) is 5.90. The molecular formula is C25H36F3N3O6. The van der Waals surface area contributed by atoms with Crippen LogP contribution in [0.1, 0.15) is 37.7 Å². The van der Waals surface area contributed by atoms with Gasteiger partial charge in [0, 0.05) is 26.7 Å². The Kier molecular flexibility index (Phi) is 12.7. The molecule has 0 fully saturated rings. The maximum Gasteiger partial charge on any atom is 0.401 e. The van der Waals surface area contributed by atoms with E-state index >= 15 is 0 Å². The van der Waals surface area contributed by atoms with Gasteiger partial charge in [0.2, 0.25) is 0 Å². The fraction of sp³-hybridized carbons (Fsp3) is 0.600. The first-order chi connectivity index (χ1) is 17.7. The van der Waals surface area contributed by atoms with Crippen molar-refractivity contribution in [2.75, 3.05) is 57.7 Å². The molecule has 0 saturated heterocycles. The molecule has 0 radical (unpaired) electrons. The van der Waals surface area contributed by atoms with E-state index in [4.69, 9.17) is 14.2 Å². The number of anilines is 2. The fourth-order valence-corrected chi connectivity index (χ4v) is 3.63. The van der Waals surface area contributed by atoms with E-state index in [9.17, 15) is 27.9 Å². The average Bonchev–Trinajstić information content (AvgIpc) is 2.87. The molecule has 0 amide bonds. The highest BCUT2D eigenvalue weighted by molar-refractivity contribution is 5.73. The molecule has 0 bridgehead atoms. The van der Waals surface area contributed by atoms with Gasteiger partial charge in [-0.2, -0.15) is 13.2 Å². The molecule has 0 saturated carbocycles. The molecule has 37 heavy (non-hydrogen) atoms. The SMILES string of the molecule is COCCCOc1cc(CCCCCCNc2c(NC[C@H](O)NCC(F)(F)F)c(=O)c2=O)ccc1OC. The Bertz CT molecular complexity index is 1020. The maximum atomic E-state index is 12.2. The van der Waals surface area contributed by atoms with Gasteiger partial charge >= 0.3 is 6.18 Å². The Morgan fingerprint density at radius 1 is 0.919 bits per heavy atom. The lowest BCUT2D eigenvalue weighted by atomic mass is 10.1. The van der Waals surface area contributed by atoms with E-state index in [-0.39, 0.29) is 17.9 Å². The fourth-order valence-electron chi connectivity index (χ4n) is 3.63. The predicted molar refractivity (Wildman–Crippen MR) is 136 cm³/mol. The number of hydrogen-bond donors (Lipinski definition) is 4. The van der Waals surface area contributed by atoms with Gasteiger partial charge in [0.15, 0.2) is 11.5 Å². The van der Waals surface area contributed by atoms with Crippen LogP contribution in [0.3, 0.4) is 0 Å². The minimum absolute atomic E-state index is 0.0161. The lowest BCUT2D eigenvalue weighted by Crippen LogP contribution is -2.43. The maximum absolute atomic E-state index is 12.2. The zero-order valence-electron chi connectivity index (χ0n) is 21.2. The van der Waals surface area contributed by atoms with E-state index in [1.807, 2.05) is 23.5 Å². The molecule has 0 unspecified atom stereocenters. The standard InChI is InChI=1S/C25H36F3N3O6/c1-35-12-7-13-37-19-14-17(9-10-18(19)36-2)8-5-3-4-6-11-29-21-22(24(34)23(21)33)30-15-20(32)31-16-25(26,27)28/h9-10,14,20,29-32H,3-8,11-13,15-16H2,1-2H3/t20-/m0/s1. The Hall–Kier alpha value is -2.83. The summed E-state index contributed by atoms with van der Waals surface area (Å²) in [4.78, 5) is 23.6. The first-order valence-electron chi connectivity index (χ1n) is 12.2. The summed E-state index contributed by atoms with van der Waals surface area (Å²) in [7, 11) is 3.25. The third-order valence-corrected chi connectivity index (χ3v) is 5.59. The molecule has 1 atom stereocenters. The molecule has 2 aromatic rings. The van der Waals surface area contributed by atoms with Crippen LogP contribution in [0.4, 0.5) is 24.5 Å².